The molecule has 2 aromatic heterocycles. The molecule has 1 saturated heterocycles. The number of piperidine rings is 1. The number of hydrogen-bond acceptors (Lipinski definition) is 6. The van der Waals surface area contributed by atoms with E-state index in [1.807, 2.05) is 31.3 Å². The quantitative estimate of drug-likeness (QED) is 0.456. The molecule has 0 radical (unpaired) electrons. The number of halogens is 3. The van der Waals surface area contributed by atoms with Crippen LogP contribution in [-0.4, -0.2) is 64.8 Å². The Kier molecular flexibility index (Phi) is 7.22. The minimum absolute atomic E-state index is 0. The van der Waals surface area contributed by atoms with Gasteiger partial charge in [0.05, 0.1) is 23.4 Å². The summed E-state index contributed by atoms with van der Waals surface area (Å²) in [6.07, 6.45) is 0.793. The zero-order valence-corrected chi connectivity index (χ0v) is 18.8. The normalized spacial score (nSPS) is 19.7. The number of hydrogen-bond donors (Lipinski definition) is 1. The number of azo groups is 1. The first kappa shape index (κ1) is 23.2. The first-order chi connectivity index (χ1) is 16.0. The molecule has 4 rings (SSSR count). The monoisotopic (exact) mass is 461 g/mol. The molecule has 10 heteroatoms. The highest BCUT2D eigenvalue weighted by atomic mass is 19.3. The topological polar surface area (TPSA) is 70.2 Å². The molecule has 7 nitrogen and oxygen atoms in total. The molecule has 0 aliphatic carbocycles. The number of likely N-dealkylation sites (tertiary alicyclic amines) is 1. The lowest BCUT2D eigenvalue weighted by atomic mass is 10.0. The molecule has 3 aromatic rings. The molecule has 3 heterocycles. The van der Waals surface area contributed by atoms with Gasteiger partial charge in [-0.3, -0.25) is 0 Å². The van der Waals surface area contributed by atoms with Crippen LogP contribution in [0.2, 0.25) is 0 Å². The lowest BCUT2D eigenvalue weighted by Gasteiger charge is -2.34. The van der Waals surface area contributed by atoms with Crippen molar-refractivity contribution in [3.8, 4) is 11.1 Å². The Morgan fingerprint density at radius 3 is 2.88 bits per heavy atom. The summed E-state index contributed by atoms with van der Waals surface area (Å²) in [5.41, 5.74) is 3.80. The van der Waals surface area contributed by atoms with Crippen molar-refractivity contribution in [2.75, 3.05) is 32.0 Å². The van der Waals surface area contributed by atoms with E-state index >= 15 is 0 Å². The Morgan fingerprint density at radius 1 is 1.30 bits per heavy atom. The second-order valence-corrected chi connectivity index (χ2v) is 8.16. The van der Waals surface area contributed by atoms with Gasteiger partial charge in [-0.15, -0.1) is 5.10 Å². The van der Waals surface area contributed by atoms with E-state index in [-0.39, 0.29) is 20.3 Å². The highest BCUT2D eigenvalue weighted by molar-refractivity contribution is 5.81. The summed E-state index contributed by atoms with van der Waals surface area (Å²) in [7, 11) is 1.55. The van der Waals surface area contributed by atoms with Crippen molar-refractivity contribution in [2.24, 2.45) is 10.2 Å². The molecule has 1 aliphatic heterocycles. The van der Waals surface area contributed by atoms with Crippen molar-refractivity contribution in [3.63, 3.8) is 0 Å². The van der Waals surface area contributed by atoms with E-state index < -0.39 is 12.6 Å². The maximum Gasteiger partial charge on any atom is 0.241 e. The van der Waals surface area contributed by atoms with E-state index in [9.17, 15) is 13.2 Å². The van der Waals surface area contributed by atoms with E-state index in [1.165, 1.54) is 0 Å². The van der Waals surface area contributed by atoms with Crippen molar-refractivity contribution >= 4 is 17.2 Å². The van der Waals surface area contributed by atoms with Crippen LogP contribution < -0.4 is 5.32 Å². The van der Waals surface area contributed by atoms with Crippen LogP contribution in [0.1, 0.15) is 26.8 Å². The van der Waals surface area contributed by atoms with Gasteiger partial charge in [0.1, 0.15) is 6.17 Å². The summed E-state index contributed by atoms with van der Waals surface area (Å²) < 4.78 is 41.8. The Hall–Kier alpha value is -3.01. The average Bonchev–Trinajstić information content (AvgIpc) is 3.23. The van der Waals surface area contributed by atoms with Crippen molar-refractivity contribution in [2.45, 2.75) is 44.8 Å². The third-order valence-electron chi connectivity index (χ3n) is 6.03. The number of nitrogens with one attached hydrogen (secondary N) is 1. The Balaban J connectivity index is 0.00000324. The van der Waals surface area contributed by atoms with Gasteiger partial charge in [0.25, 0.3) is 0 Å². The van der Waals surface area contributed by atoms with Gasteiger partial charge in [0.2, 0.25) is 12.4 Å². The van der Waals surface area contributed by atoms with Crippen LogP contribution in [0.5, 0.6) is 0 Å². The molecular weight excluding hydrogens is 431 g/mol. The fourth-order valence-corrected chi connectivity index (χ4v) is 4.22. The molecule has 2 atom stereocenters. The van der Waals surface area contributed by atoms with Crippen LogP contribution in [0.4, 0.5) is 24.8 Å². The van der Waals surface area contributed by atoms with Gasteiger partial charge < -0.3 is 10.2 Å². The number of rotatable bonds is 8. The van der Waals surface area contributed by atoms with Crippen LogP contribution in [-0.2, 0) is 6.42 Å². The first-order valence-corrected chi connectivity index (χ1v) is 11.2. The number of fused-ring (bicyclic) bond motifs is 1. The Labute approximate surface area is 192 Å². The molecular formula is C23H30F3N7. The first-order valence-electron chi connectivity index (χ1n) is 11.2. The summed E-state index contributed by atoms with van der Waals surface area (Å²) in [4.78, 5) is 6.50. The molecule has 1 N–H and O–H groups in total. The molecule has 0 bridgehead atoms. The van der Waals surface area contributed by atoms with Crippen LogP contribution in [0.25, 0.3) is 16.6 Å². The summed E-state index contributed by atoms with van der Waals surface area (Å²) in [6, 6.07) is 7.11. The molecule has 1 aromatic carbocycles. The maximum atomic E-state index is 14.5. The van der Waals surface area contributed by atoms with E-state index in [4.69, 9.17) is 0 Å². The predicted octanol–water partition coefficient (Wildman–Crippen LogP) is 5.40. The molecule has 0 saturated carbocycles. The molecule has 33 heavy (non-hydrogen) atoms. The zero-order chi connectivity index (χ0) is 23.4. The molecule has 1 aliphatic rings. The number of aryl methyl sites for hydroxylation is 1. The van der Waals surface area contributed by atoms with Gasteiger partial charge in [0, 0.05) is 39.7 Å². The van der Waals surface area contributed by atoms with Gasteiger partial charge in [0.15, 0.2) is 0 Å². The number of alkyl halides is 3. The summed E-state index contributed by atoms with van der Waals surface area (Å²) >= 11 is 0. The van der Waals surface area contributed by atoms with E-state index in [2.05, 4.69) is 30.5 Å². The molecule has 0 spiro atoms. The van der Waals surface area contributed by atoms with Crippen LogP contribution >= 0.6 is 0 Å². The fraction of sp³-hybridized carbons (Fsp3) is 0.478. The fourth-order valence-electron chi connectivity index (χ4n) is 4.22. The number of aromatic nitrogens is 3. The van der Waals surface area contributed by atoms with Gasteiger partial charge >= 0.3 is 0 Å². The van der Waals surface area contributed by atoms with Crippen molar-refractivity contribution in [1.29, 1.82) is 0 Å². The third-order valence-corrected chi connectivity index (χ3v) is 6.03. The second kappa shape index (κ2) is 10.3. The van der Waals surface area contributed by atoms with Crippen molar-refractivity contribution < 1.29 is 14.6 Å². The Morgan fingerprint density at radius 2 is 2.15 bits per heavy atom. The lowest BCUT2D eigenvalue weighted by molar-refractivity contribution is 0.131. The smallest absolute Gasteiger partial charge is 0.241 e. The molecule has 1 fully saturated rings. The van der Waals surface area contributed by atoms with Crippen LogP contribution in [0.15, 0.2) is 46.9 Å². The third kappa shape index (κ3) is 5.32. The summed E-state index contributed by atoms with van der Waals surface area (Å²) in [5, 5.41) is 15.5. The second-order valence-electron chi connectivity index (χ2n) is 8.16. The van der Waals surface area contributed by atoms with Gasteiger partial charge in [-0.1, -0.05) is 13.0 Å². The molecule has 0 unspecified atom stereocenters. The van der Waals surface area contributed by atoms with Gasteiger partial charge in [-0.25, -0.2) is 22.7 Å². The van der Waals surface area contributed by atoms with Gasteiger partial charge in [-0.2, -0.15) is 10.2 Å². The average molecular weight is 462 g/mol. The van der Waals surface area contributed by atoms with Crippen LogP contribution in [0, 0.1) is 0 Å². The SMILES string of the molecule is CCN1CC[C@H](Nc2ncc3c(-c4ccc(N=NC)c(CCC(F)F)c4)ccn3n2)[C@H](F)C1.[HH]. The predicted molar refractivity (Wildman–Crippen MR) is 124 cm³/mol. The van der Waals surface area contributed by atoms with E-state index in [0.717, 1.165) is 29.7 Å². The van der Waals surface area contributed by atoms with Gasteiger partial charge in [-0.05, 0) is 48.7 Å². The number of benzene rings is 1. The lowest BCUT2D eigenvalue weighted by Crippen LogP contribution is -2.47. The summed E-state index contributed by atoms with van der Waals surface area (Å²) in [5.74, 6) is 0.374. The van der Waals surface area contributed by atoms with Crippen molar-refractivity contribution in [1.82, 2.24) is 19.5 Å². The minimum atomic E-state index is -2.38. The largest absolute Gasteiger partial charge is 0.347 e. The molecule has 0 amide bonds. The number of anilines is 1. The Bertz CT molecular complexity index is 1120. The standard InChI is InChI=1S/C23H28F3N7.H2/c1-3-32-10-9-20(18(24)14-32)29-23-28-13-21-17(8-11-33(21)31-23)15-4-6-19(30-27-2)16(12-15)5-7-22(25)26;/h4,6,8,11-13,18,20,22H,3,5,7,9-10,14H2,1-2H3,(H,29,31);1H/t18-,20+;/m1./s1. The minimum Gasteiger partial charge on any atom is -0.347 e. The molecule has 178 valence electrons. The van der Waals surface area contributed by atoms with Crippen molar-refractivity contribution in [3.05, 3.63) is 42.2 Å². The van der Waals surface area contributed by atoms with E-state index in [0.29, 0.717) is 30.2 Å². The summed E-state index contributed by atoms with van der Waals surface area (Å²) in [6.45, 7) is 4.12. The maximum absolute atomic E-state index is 14.5. The number of nitrogens with zero attached hydrogens (tertiary/aromatic N) is 6. The van der Waals surface area contributed by atoms with Crippen LogP contribution in [0.3, 0.4) is 0 Å². The highest BCUT2D eigenvalue weighted by Gasteiger charge is 2.29. The highest BCUT2D eigenvalue weighted by Crippen LogP contribution is 2.31. The zero-order valence-electron chi connectivity index (χ0n) is 18.8. The van der Waals surface area contributed by atoms with E-state index in [1.54, 1.807) is 23.8 Å².